The average molecular weight is 921 g/mol. The highest BCUT2D eigenvalue weighted by atomic mass is 15.0. The van der Waals surface area contributed by atoms with E-state index in [2.05, 4.69) is 170 Å². The average Bonchev–Trinajstić information content (AvgIpc) is 4.05. The summed E-state index contributed by atoms with van der Waals surface area (Å²) in [7, 11) is 0. The van der Waals surface area contributed by atoms with E-state index < -0.39 is 0 Å². The maximum atomic E-state index is 11.0. The highest BCUT2D eigenvalue weighted by Gasteiger charge is 2.38. The second-order valence-corrected chi connectivity index (χ2v) is 20.6. The SMILES string of the molecule is Cc1cc(-c2cc(C#N)c(-n3c4ccccc4c4cc5c(cc43)C(C)(C)c3ccccc3-5)c(C#N)c2)c(C)cc1-c1cc(C#N)c(-n2c3ccccc3c3cc4c(cc32)C(C)(C)c2ccccc2-4)c(C#N)c1. The fourth-order valence-electron chi connectivity index (χ4n) is 12.6. The van der Waals surface area contributed by atoms with E-state index in [1.54, 1.807) is 0 Å². The van der Waals surface area contributed by atoms with Gasteiger partial charge in [-0.25, -0.2) is 0 Å². The maximum absolute atomic E-state index is 11.0. The van der Waals surface area contributed by atoms with Crippen LogP contribution in [0.4, 0.5) is 0 Å². The summed E-state index contributed by atoms with van der Waals surface area (Å²) in [4.78, 5) is 0. The minimum Gasteiger partial charge on any atom is -0.307 e. The largest absolute Gasteiger partial charge is 0.307 e. The topological polar surface area (TPSA) is 105 Å². The Morgan fingerprint density at radius 3 is 1.06 bits per heavy atom. The molecule has 338 valence electrons. The Balaban J connectivity index is 0.941. The Morgan fingerprint density at radius 1 is 0.333 bits per heavy atom. The van der Waals surface area contributed by atoms with Crippen LogP contribution < -0.4 is 0 Å². The number of aryl methyl sites for hydroxylation is 2. The first-order chi connectivity index (χ1) is 34.9. The van der Waals surface area contributed by atoms with Crippen LogP contribution in [-0.4, -0.2) is 9.13 Å². The van der Waals surface area contributed by atoms with E-state index in [1.165, 1.54) is 44.5 Å². The first-order valence-corrected chi connectivity index (χ1v) is 24.3. The number of nitriles is 4. The first kappa shape index (κ1) is 42.6. The predicted molar refractivity (Wildman–Crippen MR) is 289 cm³/mol. The Morgan fingerprint density at radius 2 is 0.681 bits per heavy atom. The number of nitrogens with zero attached hydrogens (tertiary/aromatic N) is 6. The minimum absolute atomic E-state index is 0.240. The number of aromatic nitrogens is 2. The molecule has 9 aromatic carbocycles. The fraction of sp³-hybridized carbons (Fsp3) is 0.121. The predicted octanol–water partition coefficient (Wildman–Crippen LogP) is 15.9. The molecule has 0 fully saturated rings. The van der Waals surface area contributed by atoms with Crippen LogP contribution >= 0.6 is 0 Å². The standard InChI is InChI=1S/C66H44N6/c1-37-23-50(40-27-43(35-69)64(44(28-40)36-70)72-60-22-14-10-18-48(60)54-30-52-46-16-8-12-20-56(46)66(5,6)58(52)32-62(54)72)38(2)24-49(37)39-25-41(33-67)63(42(26-39)34-68)71-59-21-13-9-17-47(59)53-29-51-45-15-7-11-19-55(45)65(3,4)57(51)31-61(53)71/h7-32H,1-6H3. The lowest BCUT2D eigenvalue weighted by atomic mass is 9.82. The number of hydrogen-bond acceptors (Lipinski definition) is 4. The summed E-state index contributed by atoms with van der Waals surface area (Å²) in [5, 5.41) is 48.3. The number of rotatable bonds is 4. The van der Waals surface area contributed by atoms with E-state index >= 15 is 0 Å². The smallest absolute Gasteiger partial charge is 0.101 e. The van der Waals surface area contributed by atoms with Gasteiger partial charge in [-0.05, 0) is 152 Å². The first-order valence-electron chi connectivity index (χ1n) is 24.3. The Hall–Kier alpha value is -9.46. The van der Waals surface area contributed by atoms with Crippen LogP contribution in [0.2, 0.25) is 0 Å². The lowest BCUT2D eigenvalue weighted by Gasteiger charge is -2.22. The van der Waals surface area contributed by atoms with Crippen LogP contribution in [-0.2, 0) is 10.8 Å². The molecule has 0 spiro atoms. The van der Waals surface area contributed by atoms with Crippen LogP contribution in [0, 0.1) is 59.2 Å². The normalized spacial score (nSPS) is 13.6. The van der Waals surface area contributed by atoms with E-state index in [0.717, 1.165) is 77.0 Å². The molecule has 2 aliphatic rings. The quantitative estimate of drug-likeness (QED) is 0.175. The van der Waals surface area contributed by atoms with Crippen molar-refractivity contribution in [1.29, 1.82) is 21.0 Å². The summed E-state index contributed by atoms with van der Waals surface area (Å²) in [6.07, 6.45) is 0. The summed E-state index contributed by atoms with van der Waals surface area (Å²) >= 11 is 0. The van der Waals surface area contributed by atoms with Crippen molar-refractivity contribution in [2.45, 2.75) is 52.4 Å². The molecular weight excluding hydrogens is 877 g/mol. The molecule has 72 heavy (non-hydrogen) atoms. The van der Waals surface area contributed by atoms with Gasteiger partial charge < -0.3 is 9.13 Å². The van der Waals surface area contributed by atoms with Crippen LogP contribution in [0.25, 0.3) is 99.5 Å². The van der Waals surface area contributed by atoms with Crippen molar-refractivity contribution in [3.05, 3.63) is 213 Å². The van der Waals surface area contributed by atoms with Gasteiger partial charge in [-0.15, -0.1) is 0 Å². The molecule has 0 saturated heterocycles. The van der Waals surface area contributed by atoms with Crippen LogP contribution in [0.5, 0.6) is 0 Å². The third-order valence-corrected chi connectivity index (χ3v) is 16.1. The lowest BCUT2D eigenvalue weighted by molar-refractivity contribution is 0.661. The number of para-hydroxylation sites is 2. The molecule has 2 heterocycles. The van der Waals surface area contributed by atoms with Crippen LogP contribution in [0.3, 0.4) is 0 Å². The second kappa shape index (κ2) is 15.0. The zero-order valence-electron chi connectivity index (χ0n) is 40.7. The third kappa shape index (κ3) is 5.67. The highest BCUT2D eigenvalue weighted by molar-refractivity contribution is 6.13. The van der Waals surface area contributed by atoms with Crippen molar-refractivity contribution in [2.75, 3.05) is 0 Å². The number of hydrogen-bond donors (Lipinski definition) is 0. The van der Waals surface area contributed by atoms with Crippen molar-refractivity contribution in [3.63, 3.8) is 0 Å². The van der Waals surface area contributed by atoms with Crippen molar-refractivity contribution in [2.24, 2.45) is 0 Å². The monoisotopic (exact) mass is 920 g/mol. The van der Waals surface area contributed by atoms with Crippen molar-refractivity contribution in [3.8, 4) is 80.2 Å². The van der Waals surface area contributed by atoms with Gasteiger partial charge in [0.1, 0.15) is 24.3 Å². The molecule has 11 aromatic rings. The molecule has 13 rings (SSSR count). The lowest BCUT2D eigenvalue weighted by Crippen LogP contribution is -2.15. The molecule has 0 unspecified atom stereocenters. The van der Waals surface area contributed by atoms with Gasteiger partial charge in [0, 0.05) is 32.4 Å². The van der Waals surface area contributed by atoms with Gasteiger partial charge in [-0.2, -0.15) is 21.0 Å². The van der Waals surface area contributed by atoms with E-state index in [0.29, 0.717) is 33.6 Å². The van der Waals surface area contributed by atoms with Gasteiger partial charge in [-0.3, -0.25) is 0 Å². The summed E-state index contributed by atoms with van der Waals surface area (Å²) in [6.45, 7) is 13.1. The summed E-state index contributed by atoms with van der Waals surface area (Å²) in [5.41, 5.74) is 21.0. The molecule has 0 atom stereocenters. The minimum atomic E-state index is -0.240. The highest BCUT2D eigenvalue weighted by Crippen LogP contribution is 2.53. The van der Waals surface area contributed by atoms with Gasteiger partial charge in [0.05, 0.1) is 55.7 Å². The van der Waals surface area contributed by atoms with E-state index in [9.17, 15) is 21.0 Å². The Bertz CT molecular complexity index is 4110. The molecule has 0 bridgehead atoms. The van der Waals surface area contributed by atoms with Crippen molar-refractivity contribution >= 4 is 43.6 Å². The van der Waals surface area contributed by atoms with Crippen LogP contribution in [0.15, 0.2) is 158 Å². The van der Waals surface area contributed by atoms with Gasteiger partial charge in [0.25, 0.3) is 0 Å². The van der Waals surface area contributed by atoms with E-state index in [-0.39, 0.29) is 10.8 Å². The molecule has 0 aliphatic heterocycles. The van der Waals surface area contributed by atoms with Gasteiger partial charge in [0.15, 0.2) is 0 Å². The third-order valence-electron chi connectivity index (χ3n) is 16.1. The molecule has 6 heteroatoms. The fourth-order valence-corrected chi connectivity index (χ4v) is 12.6. The van der Waals surface area contributed by atoms with E-state index in [4.69, 9.17) is 0 Å². The summed E-state index contributed by atoms with van der Waals surface area (Å²) < 4.78 is 4.22. The Labute approximate surface area is 417 Å². The Kier molecular flexibility index (Phi) is 8.89. The molecule has 0 radical (unpaired) electrons. The maximum Gasteiger partial charge on any atom is 0.101 e. The molecule has 0 N–H and O–H groups in total. The van der Waals surface area contributed by atoms with Crippen molar-refractivity contribution < 1.29 is 0 Å². The molecule has 2 aromatic heterocycles. The number of fused-ring (bicyclic) bond motifs is 12. The van der Waals surface area contributed by atoms with E-state index in [1.807, 2.05) is 62.4 Å². The zero-order chi connectivity index (χ0) is 49.5. The van der Waals surface area contributed by atoms with Crippen molar-refractivity contribution in [1.82, 2.24) is 9.13 Å². The second-order valence-electron chi connectivity index (χ2n) is 20.6. The van der Waals surface area contributed by atoms with Gasteiger partial charge >= 0.3 is 0 Å². The molecule has 0 saturated carbocycles. The summed E-state index contributed by atoms with van der Waals surface area (Å²) in [5.74, 6) is 0. The molecule has 2 aliphatic carbocycles. The molecular formula is C66H44N6. The molecule has 0 amide bonds. The number of benzene rings is 9. The van der Waals surface area contributed by atoms with Gasteiger partial charge in [0.2, 0.25) is 0 Å². The summed E-state index contributed by atoms with van der Waals surface area (Å²) in [6, 6.07) is 64.6. The molecule has 6 nitrogen and oxygen atoms in total. The van der Waals surface area contributed by atoms with Crippen LogP contribution in [0.1, 0.15) is 83.3 Å². The van der Waals surface area contributed by atoms with Gasteiger partial charge in [-0.1, -0.05) is 125 Å². The zero-order valence-corrected chi connectivity index (χ0v) is 40.7.